The molecule has 0 heterocycles. The van der Waals surface area contributed by atoms with Crippen LogP contribution in [0.15, 0.2) is 12.1 Å². The van der Waals surface area contributed by atoms with Gasteiger partial charge in [0.2, 0.25) is 11.8 Å². The Morgan fingerprint density at radius 1 is 1.29 bits per heavy atom. The lowest BCUT2D eigenvalue weighted by Gasteiger charge is -2.12. The van der Waals surface area contributed by atoms with Gasteiger partial charge in [0.25, 0.3) is 0 Å². The molecule has 0 aliphatic heterocycles. The molecule has 0 aliphatic rings. The fourth-order valence-corrected chi connectivity index (χ4v) is 1.83. The summed E-state index contributed by atoms with van der Waals surface area (Å²) < 4.78 is 5.18. The van der Waals surface area contributed by atoms with Gasteiger partial charge in [0.1, 0.15) is 5.75 Å². The second-order valence-electron chi connectivity index (χ2n) is 4.48. The van der Waals surface area contributed by atoms with Crippen molar-refractivity contribution >= 4 is 29.1 Å². The summed E-state index contributed by atoms with van der Waals surface area (Å²) >= 11 is 6.00. The second kappa shape index (κ2) is 8.49. The van der Waals surface area contributed by atoms with Gasteiger partial charge in [-0.1, -0.05) is 11.6 Å². The molecule has 0 aromatic heterocycles. The van der Waals surface area contributed by atoms with Gasteiger partial charge in [-0.05, 0) is 25.6 Å². The number of halogens is 1. The number of ether oxygens (including phenoxy) is 1. The summed E-state index contributed by atoms with van der Waals surface area (Å²) in [5.41, 5.74) is 1.40. The topological polar surface area (TPSA) is 79.5 Å². The Balaban J connectivity index is 2.55. The van der Waals surface area contributed by atoms with E-state index in [0.717, 1.165) is 5.56 Å². The average Bonchev–Trinajstić information content (AvgIpc) is 2.43. The molecule has 0 fully saturated rings. The van der Waals surface area contributed by atoms with Crippen LogP contribution in [0, 0.1) is 6.92 Å². The van der Waals surface area contributed by atoms with Crippen molar-refractivity contribution in [3.8, 4) is 5.75 Å². The number of carbonyl (C=O) groups is 2. The Morgan fingerprint density at radius 2 is 2.00 bits per heavy atom. The molecule has 116 valence electrons. The van der Waals surface area contributed by atoms with Gasteiger partial charge >= 0.3 is 0 Å². The number of likely N-dealkylation sites (N-methyl/N-ethyl adjacent to an activating group) is 1. The minimum Gasteiger partial charge on any atom is -0.495 e. The molecule has 1 aromatic carbocycles. The van der Waals surface area contributed by atoms with Crippen LogP contribution in [-0.4, -0.2) is 39.1 Å². The van der Waals surface area contributed by atoms with E-state index in [1.807, 2.05) is 6.92 Å². The number of methoxy groups -OCH3 is 1. The molecule has 3 N–H and O–H groups in total. The van der Waals surface area contributed by atoms with Gasteiger partial charge in [-0.2, -0.15) is 0 Å². The van der Waals surface area contributed by atoms with Crippen LogP contribution in [0.25, 0.3) is 0 Å². The predicted molar refractivity (Wildman–Crippen MR) is 82.9 cm³/mol. The van der Waals surface area contributed by atoms with E-state index in [9.17, 15) is 9.59 Å². The number of nitrogens with one attached hydrogen (secondary N) is 3. The number of amides is 2. The number of aryl methyl sites for hydroxylation is 1. The zero-order valence-electron chi connectivity index (χ0n) is 12.4. The highest BCUT2D eigenvalue weighted by atomic mass is 35.5. The minimum absolute atomic E-state index is 0.148. The molecule has 0 unspecified atom stereocenters. The maximum Gasteiger partial charge on any atom is 0.233 e. The highest BCUT2D eigenvalue weighted by Gasteiger charge is 2.10. The van der Waals surface area contributed by atoms with E-state index in [0.29, 0.717) is 16.5 Å². The van der Waals surface area contributed by atoms with Crippen LogP contribution in [0.1, 0.15) is 12.0 Å². The zero-order chi connectivity index (χ0) is 15.8. The number of rotatable bonds is 7. The number of benzene rings is 1. The van der Waals surface area contributed by atoms with Crippen molar-refractivity contribution in [3.63, 3.8) is 0 Å². The van der Waals surface area contributed by atoms with Crippen molar-refractivity contribution in [1.82, 2.24) is 10.6 Å². The first kappa shape index (κ1) is 17.3. The van der Waals surface area contributed by atoms with Crippen LogP contribution in [-0.2, 0) is 9.59 Å². The third-order valence-corrected chi connectivity index (χ3v) is 3.17. The molecule has 6 nitrogen and oxygen atoms in total. The van der Waals surface area contributed by atoms with Crippen molar-refractivity contribution in [1.29, 1.82) is 0 Å². The van der Waals surface area contributed by atoms with Gasteiger partial charge in [-0.25, -0.2) is 0 Å². The molecule has 0 saturated carbocycles. The van der Waals surface area contributed by atoms with Crippen molar-refractivity contribution in [2.45, 2.75) is 13.3 Å². The number of hydrogen-bond donors (Lipinski definition) is 3. The lowest BCUT2D eigenvalue weighted by molar-refractivity contribution is -0.120. The molecule has 0 saturated heterocycles. The Morgan fingerprint density at radius 3 is 2.62 bits per heavy atom. The van der Waals surface area contributed by atoms with Crippen molar-refractivity contribution in [2.24, 2.45) is 0 Å². The standard InChI is InChI=1S/C14H20ClN3O3/c1-9-6-11(12(21-3)7-10(9)15)18-13(19)4-5-17-14(20)8-16-2/h6-7,16H,4-5,8H2,1-3H3,(H,17,20)(H,18,19). The van der Waals surface area contributed by atoms with E-state index in [4.69, 9.17) is 16.3 Å². The SMILES string of the molecule is CNCC(=O)NCCC(=O)Nc1cc(C)c(Cl)cc1OC. The second-order valence-corrected chi connectivity index (χ2v) is 4.89. The first-order valence-corrected chi connectivity index (χ1v) is 6.91. The molecule has 7 heteroatoms. The third-order valence-electron chi connectivity index (χ3n) is 2.77. The summed E-state index contributed by atoms with van der Waals surface area (Å²) in [6.07, 6.45) is 0.181. The first-order chi connectivity index (χ1) is 9.97. The van der Waals surface area contributed by atoms with Gasteiger partial charge in [0.05, 0.1) is 19.3 Å². The summed E-state index contributed by atoms with van der Waals surface area (Å²) in [7, 11) is 3.19. The predicted octanol–water partition coefficient (Wildman–Crippen LogP) is 1.32. The molecule has 1 rings (SSSR count). The third kappa shape index (κ3) is 5.61. The smallest absolute Gasteiger partial charge is 0.233 e. The number of anilines is 1. The summed E-state index contributed by atoms with van der Waals surface area (Å²) in [5, 5.41) is 8.68. The fraction of sp³-hybridized carbons (Fsp3) is 0.429. The molecular formula is C14H20ClN3O3. The van der Waals surface area contributed by atoms with Crippen LogP contribution in [0.2, 0.25) is 5.02 Å². The minimum atomic E-state index is -0.209. The van der Waals surface area contributed by atoms with Gasteiger partial charge in [-0.3, -0.25) is 9.59 Å². The molecule has 0 atom stereocenters. The lowest BCUT2D eigenvalue weighted by atomic mass is 10.2. The van der Waals surface area contributed by atoms with Gasteiger partial charge in [0, 0.05) is 24.1 Å². The molecular weight excluding hydrogens is 294 g/mol. The van der Waals surface area contributed by atoms with Gasteiger partial charge < -0.3 is 20.7 Å². The highest BCUT2D eigenvalue weighted by Crippen LogP contribution is 2.30. The first-order valence-electron chi connectivity index (χ1n) is 6.53. The normalized spacial score (nSPS) is 10.1. The Hall–Kier alpha value is -1.79. The Kier molecular flexibility index (Phi) is 6.98. The maximum absolute atomic E-state index is 11.8. The molecule has 0 aliphatic carbocycles. The molecule has 0 radical (unpaired) electrons. The maximum atomic E-state index is 11.8. The molecule has 1 aromatic rings. The monoisotopic (exact) mass is 313 g/mol. The Labute approximate surface area is 129 Å². The lowest BCUT2D eigenvalue weighted by Crippen LogP contribution is -2.34. The molecule has 0 spiro atoms. The van der Waals surface area contributed by atoms with Gasteiger partial charge in [-0.15, -0.1) is 0 Å². The fourth-order valence-electron chi connectivity index (χ4n) is 1.68. The number of hydrogen-bond acceptors (Lipinski definition) is 4. The summed E-state index contributed by atoms with van der Waals surface area (Å²) in [5.74, 6) is 0.142. The molecule has 21 heavy (non-hydrogen) atoms. The van der Waals surface area contributed by atoms with Gasteiger partial charge in [0.15, 0.2) is 0 Å². The van der Waals surface area contributed by atoms with E-state index in [1.54, 1.807) is 19.2 Å². The van der Waals surface area contributed by atoms with Crippen molar-refractivity contribution < 1.29 is 14.3 Å². The quantitative estimate of drug-likeness (QED) is 0.709. The highest BCUT2D eigenvalue weighted by molar-refractivity contribution is 6.31. The van der Waals surface area contributed by atoms with E-state index in [-0.39, 0.29) is 31.3 Å². The van der Waals surface area contributed by atoms with E-state index < -0.39 is 0 Å². The van der Waals surface area contributed by atoms with Crippen LogP contribution >= 0.6 is 11.6 Å². The van der Waals surface area contributed by atoms with Crippen LogP contribution in [0.5, 0.6) is 5.75 Å². The van der Waals surface area contributed by atoms with Crippen molar-refractivity contribution in [2.75, 3.05) is 32.6 Å². The zero-order valence-corrected chi connectivity index (χ0v) is 13.1. The summed E-state index contributed by atoms with van der Waals surface area (Å²) in [4.78, 5) is 23.1. The molecule has 0 bridgehead atoms. The van der Waals surface area contributed by atoms with Crippen LogP contribution in [0.3, 0.4) is 0 Å². The van der Waals surface area contributed by atoms with E-state index in [2.05, 4.69) is 16.0 Å². The van der Waals surface area contributed by atoms with E-state index >= 15 is 0 Å². The van der Waals surface area contributed by atoms with Crippen molar-refractivity contribution in [3.05, 3.63) is 22.7 Å². The summed E-state index contributed by atoms with van der Waals surface area (Å²) in [6.45, 7) is 2.35. The Bertz CT molecular complexity index is 520. The van der Waals surface area contributed by atoms with E-state index in [1.165, 1.54) is 7.11 Å². The molecule has 2 amide bonds. The number of carbonyl (C=O) groups excluding carboxylic acids is 2. The summed E-state index contributed by atoms with van der Waals surface area (Å²) in [6, 6.07) is 3.40. The van der Waals surface area contributed by atoms with Crippen LogP contribution in [0.4, 0.5) is 5.69 Å². The largest absolute Gasteiger partial charge is 0.495 e. The van der Waals surface area contributed by atoms with Crippen LogP contribution < -0.4 is 20.7 Å². The average molecular weight is 314 g/mol.